The van der Waals surface area contributed by atoms with Gasteiger partial charge in [0.05, 0.1) is 14.2 Å². The lowest BCUT2D eigenvalue weighted by molar-refractivity contribution is 0.356. The summed E-state index contributed by atoms with van der Waals surface area (Å²) in [7, 11) is 5.32. The summed E-state index contributed by atoms with van der Waals surface area (Å²) >= 11 is 0. The van der Waals surface area contributed by atoms with Crippen molar-refractivity contribution in [2.24, 2.45) is 5.73 Å². The Morgan fingerprint density at radius 3 is 2.52 bits per heavy atom. The number of nitrogens with zero attached hydrogens (tertiary/aromatic N) is 2. The molecule has 1 atom stereocenters. The van der Waals surface area contributed by atoms with E-state index in [0.29, 0.717) is 18.3 Å². The molecule has 0 aliphatic carbocycles. The van der Waals surface area contributed by atoms with E-state index < -0.39 is 0 Å². The van der Waals surface area contributed by atoms with Crippen LogP contribution in [0.2, 0.25) is 0 Å². The first kappa shape index (κ1) is 15.4. The Hall–Kier alpha value is -2.01. The quantitative estimate of drug-likeness (QED) is 0.885. The van der Waals surface area contributed by atoms with Crippen LogP contribution in [0, 0.1) is 0 Å². The zero-order chi connectivity index (χ0) is 15.4. The van der Waals surface area contributed by atoms with Gasteiger partial charge >= 0.3 is 0 Å². The summed E-state index contributed by atoms with van der Waals surface area (Å²) in [5.41, 5.74) is 5.66. The molecule has 0 radical (unpaired) electrons. The van der Waals surface area contributed by atoms with Crippen LogP contribution in [0.25, 0.3) is 10.8 Å². The fraction of sp³-hybridized carbons (Fsp3) is 0.438. The fourth-order valence-corrected chi connectivity index (χ4v) is 2.41. The van der Waals surface area contributed by atoms with E-state index in [1.54, 1.807) is 14.2 Å². The van der Waals surface area contributed by atoms with Gasteiger partial charge in [-0.05, 0) is 43.5 Å². The number of fused-ring (bicyclic) bond motifs is 1. The van der Waals surface area contributed by atoms with Crippen LogP contribution in [-0.2, 0) is 0 Å². The molecule has 1 unspecified atom stereocenters. The Morgan fingerprint density at radius 1 is 1.24 bits per heavy atom. The van der Waals surface area contributed by atoms with E-state index in [4.69, 9.17) is 15.2 Å². The summed E-state index contributed by atoms with van der Waals surface area (Å²) in [4.78, 5) is 6.68. The highest BCUT2D eigenvalue weighted by atomic mass is 16.5. The Kier molecular flexibility index (Phi) is 4.85. The van der Waals surface area contributed by atoms with Gasteiger partial charge in [-0.1, -0.05) is 0 Å². The minimum Gasteiger partial charge on any atom is -0.493 e. The van der Waals surface area contributed by atoms with Crippen molar-refractivity contribution in [1.82, 2.24) is 4.98 Å². The molecule has 2 rings (SSSR count). The molecule has 0 bridgehead atoms. The Labute approximate surface area is 125 Å². The van der Waals surface area contributed by atoms with E-state index >= 15 is 0 Å². The Bertz CT molecular complexity index is 616. The van der Waals surface area contributed by atoms with E-state index in [1.165, 1.54) is 0 Å². The molecular weight excluding hydrogens is 266 g/mol. The average Bonchev–Trinajstić information content (AvgIpc) is 2.52. The number of hydrogen-bond acceptors (Lipinski definition) is 5. The first-order valence-corrected chi connectivity index (χ1v) is 7.06. The normalized spacial score (nSPS) is 12.2. The second-order valence-electron chi connectivity index (χ2n) is 5.10. The van der Waals surface area contributed by atoms with Crippen LogP contribution in [0.3, 0.4) is 0 Å². The van der Waals surface area contributed by atoms with Gasteiger partial charge < -0.3 is 20.1 Å². The first-order chi connectivity index (χ1) is 10.1. The standard InChI is InChI=1S/C16H23N3O2/c1-11(5-7-17)19(2)16-13-10-15(21-4)14(20-3)9-12(13)6-8-18-16/h6,8-11H,5,7,17H2,1-4H3. The van der Waals surface area contributed by atoms with Gasteiger partial charge in [0, 0.05) is 24.7 Å². The molecule has 21 heavy (non-hydrogen) atoms. The maximum Gasteiger partial charge on any atom is 0.161 e. The number of pyridine rings is 1. The third kappa shape index (κ3) is 3.03. The first-order valence-electron chi connectivity index (χ1n) is 7.06. The van der Waals surface area contributed by atoms with Gasteiger partial charge in [0.15, 0.2) is 11.5 Å². The molecule has 0 saturated carbocycles. The van der Waals surface area contributed by atoms with E-state index in [-0.39, 0.29) is 0 Å². The van der Waals surface area contributed by atoms with Crippen LogP contribution < -0.4 is 20.1 Å². The van der Waals surface area contributed by atoms with E-state index in [0.717, 1.165) is 28.8 Å². The highest BCUT2D eigenvalue weighted by Gasteiger charge is 2.15. The zero-order valence-electron chi connectivity index (χ0n) is 13.1. The molecule has 0 spiro atoms. The number of rotatable bonds is 6. The molecular formula is C16H23N3O2. The highest BCUT2D eigenvalue weighted by Crippen LogP contribution is 2.35. The number of nitrogens with two attached hydrogens (primary N) is 1. The van der Waals surface area contributed by atoms with Gasteiger partial charge in [0.2, 0.25) is 0 Å². The Balaban J connectivity index is 2.54. The lowest BCUT2D eigenvalue weighted by Crippen LogP contribution is -2.31. The van der Waals surface area contributed by atoms with E-state index in [9.17, 15) is 0 Å². The highest BCUT2D eigenvalue weighted by molar-refractivity contribution is 5.94. The van der Waals surface area contributed by atoms with Gasteiger partial charge in [-0.25, -0.2) is 4.98 Å². The molecule has 1 aromatic heterocycles. The number of hydrogen-bond donors (Lipinski definition) is 1. The third-order valence-corrected chi connectivity index (χ3v) is 3.83. The zero-order valence-corrected chi connectivity index (χ0v) is 13.1. The Morgan fingerprint density at radius 2 is 1.90 bits per heavy atom. The molecule has 1 heterocycles. The van der Waals surface area contributed by atoms with Crippen molar-refractivity contribution in [2.45, 2.75) is 19.4 Å². The van der Waals surface area contributed by atoms with Gasteiger partial charge in [0.25, 0.3) is 0 Å². The lowest BCUT2D eigenvalue weighted by atomic mass is 10.1. The minimum absolute atomic E-state index is 0.321. The molecule has 2 N–H and O–H groups in total. The van der Waals surface area contributed by atoms with Crippen LogP contribution in [0.15, 0.2) is 24.4 Å². The van der Waals surface area contributed by atoms with Gasteiger partial charge in [-0.2, -0.15) is 0 Å². The largest absolute Gasteiger partial charge is 0.493 e. The molecule has 0 amide bonds. The van der Waals surface area contributed by atoms with Crippen LogP contribution in [0.5, 0.6) is 11.5 Å². The lowest BCUT2D eigenvalue weighted by Gasteiger charge is -2.27. The van der Waals surface area contributed by atoms with Crippen molar-refractivity contribution in [1.29, 1.82) is 0 Å². The summed E-state index contributed by atoms with van der Waals surface area (Å²) in [6.07, 6.45) is 2.73. The second kappa shape index (κ2) is 6.63. The van der Waals surface area contributed by atoms with Crippen molar-refractivity contribution < 1.29 is 9.47 Å². The van der Waals surface area contributed by atoms with Gasteiger partial charge in [0.1, 0.15) is 5.82 Å². The van der Waals surface area contributed by atoms with Crippen molar-refractivity contribution >= 4 is 16.6 Å². The maximum absolute atomic E-state index is 5.66. The predicted octanol–water partition coefficient (Wildman–Crippen LogP) is 2.43. The summed E-state index contributed by atoms with van der Waals surface area (Å²) < 4.78 is 10.8. The SMILES string of the molecule is COc1cc2ccnc(N(C)C(C)CCN)c2cc1OC. The summed E-state index contributed by atoms with van der Waals surface area (Å²) in [6, 6.07) is 6.24. The molecule has 0 aliphatic heterocycles. The number of aromatic nitrogens is 1. The molecule has 114 valence electrons. The average molecular weight is 289 g/mol. The van der Waals surface area contributed by atoms with Crippen LogP contribution in [0.1, 0.15) is 13.3 Å². The van der Waals surface area contributed by atoms with E-state index in [1.807, 2.05) is 31.4 Å². The van der Waals surface area contributed by atoms with Crippen LogP contribution in [0.4, 0.5) is 5.82 Å². The number of anilines is 1. The minimum atomic E-state index is 0.321. The maximum atomic E-state index is 5.66. The molecule has 0 fully saturated rings. The monoisotopic (exact) mass is 289 g/mol. The molecule has 5 nitrogen and oxygen atoms in total. The third-order valence-electron chi connectivity index (χ3n) is 3.83. The topological polar surface area (TPSA) is 60.6 Å². The van der Waals surface area contributed by atoms with Crippen LogP contribution in [-0.4, -0.2) is 38.8 Å². The molecule has 2 aromatic rings. The van der Waals surface area contributed by atoms with Crippen molar-refractivity contribution in [3.8, 4) is 11.5 Å². The molecule has 0 saturated heterocycles. The summed E-state index contributed by atoms with van der Waals surface area (Å²) in [5, 5.41) is 2.12. The van der Waals surface area contributed by atoms with Crippen molar-refractivity contribution in [2.75, 3.05) is 32.7 Å². The molecule has 5 heteroatoms. The van der Waals surface area contributed by atoms with Gasteiger partial charge in [-0.15, -0.1) is 0 Å². The van der Waals surface area contributed by atoms with Crippen molar-refractivity contribution in [3.05, 3.63) is 24.4 Å². The number of ether oxygens (including phenoxy) is 2. The smallest absolute Gasteiger partial charge is 0.161 e. The van der Waals surface area contributed by atoms with Crippen molar-refractivity contribution in [3.63, 3.8) is 0 Å². The fourth-order valence-electron chi connectivity index (χ4n) is 2.41. The molecule has 1 aromatic carbocycles. The molecule has 0 aliphatic rings. The number of benzene rings is 1. The summed E-state index contributed by atoms with van der Waals surface area (Å²) in [5.74, 6) is 2.35. The predicted molar refractivity (Wildman–Crippen MR) is 86.4 cm³/mol. The van der Waals surface area contributed by atoms with Gasteiger partial charge in [-0.3, -0.25) is 0 Å². The second-order valence-corrected chi connectivity index (χ2v) is 5.10. The van der Waals surface area contributed by atoms with Crippen LogP contribution >= 0.6 is 0 Å². The number of methoxy groups -OCH3 is 2. The summed E-state index contributed by atoms with van der Waals surface area (Å²) in [6.45, 7) is 2.81. The van der Waals surface area contributed by atoms with E-state index in [2.05, 4.69) is 16.8 Å².